The summed E-state index contributed by atoms with van der Waals surface area (Å²) in [6.45, 7) is 2.08. The highest BCUT2D eigenvalue weighted by molar-refractivity contribution is 7.80. The lowest BCUT2D eigenvalue weighted by molar-refractivity contribution is 0.229. The molecule has 0 spiro atoms. The van der Waals surface area contributed by atoms with E-state index in [0.29, 0.717) is 5.41 Å². The normalized spacial score (nSPS) is 21.5. The predicted octanol–water partition coefficient (Wildman–Crippen LogP) is 4.07. The summed E-state index contributed by atoms with van der Waals surface area (Å²) in [6, 6.07) is 5.23. The highest BCUT2D eigenvalue weighted by atomic mass is 32.1. The maximum Gasteiger partial charge on any atom is 0.125 e. The smallest absolute Gasteiger partial charge is 0.125 e. The molecule has 1 nitrogen and oxygen atoms in total. The molecule has 1 fully saturated rings. The van der Waals surface area contributed by atoms with Crippen LogP contribution in [0.2, 0.25) is 0 Å². The molecule has 19 heavy (non-hydrogen) atoms. The van der Waals surface area contributed by atoms with E-state index < -0.39 is 0 Å². The van der Waals surface area contributed by atoms with Crippen molar-refractivity contribution in [2.75, 3.05) is 23.7 Å². The summed E-state index contributed by atoms with van der Waals surface area (Å²) in [5, 5.41) is 0. The first-order valence-corrected chi connectivity index (χ1v) is 8.00. The molecule has 0 saturated heterocycles. The number of fused-ring (bicyclic) bond motifs is 1. The van der Waals surface area contributed by atoms with Gasteiger partial charge in [-0.3, -0.25) is 0 Å². The third-order valence-corrected chi connectivity index (χ3v) is 5.49. The molecule has 0 atom stereocenters. The van der Waals surface area contributed by atoms with E-state index >= 15 is 0 Å². The summed E-state index contributed by atoms with van der Waals surface area (Å²) in [5.41, 5.74) is 2.76. The van der Waals surface area contributed by atoms with Crippen molar-refractivity contribution in [2.45, 2.75) is 38.5 Å². The maximum atomic E-state index is 13.4. The van der Waals surface area contributed by atoms with Gasteiger partial charge in [0.2, 0.25) is 0 Å². The van der Waals surface area contributed by atoms with Crippen LogP contribution in [0, 0.1) is 11.2 Å². The average Bonchev–Trinajstić information content (AvgIpc) is 2.82. The molecular formula is C16H22FNS. The van der Waals surface area contributed by atoms with Gasteiger partial charge < -0.3 is 4.90 Å². The molecular weight excluding hydrogens is 257 g/mol. The van der Waals surface area contributed by atoms with Crippen LogP contribution in [-0.2, 0) is 6.42 Å². The van der Waals surface area contributed by atoms with Gasteiger partial charge in [-0.1, -0.05) is 25.3 Å². The van der Waals surface area contributed by atoms with E-state index in [-0.39, 0.29) is 5.82 Å². The van der Waals surface area contributed by atoms with E-state index in [4.69, 9.17) is 0 Å². The fourth-order valence-corrected chi connectivity index (χ4v) is 4.07. The molecule has 3 heteroatoms. The van der Waals surface area contributed by atoms with Crippen molar-refractivity contribution in [3.05, 3.63) is 29.6 Å². The molecule has 2 aliphatic rings. The van der Waals surface area contributed by atoms with Crippen molar-refractivity contribution in [3.63, 3.8) is 0 Å². The van der Waals surface area contributed by atoms with Gasteiger partial charge in [0.1, 0.15) is 5.82 Å². The first kappa shape index (κ1) is 13.3. The highest BCUT2D eigenvalue weighted by Gasteiger charge is 2.34. The second kappa shape index (κ2) is 5.35. The molecule has 1 aromatic carbocycles. The van der Waals surface area contributed by atoms with E-state index in [1.54, 1.807) is 12.1 Å². The lowest BCUT2D eigenvalue weighted by Gasteiger charge is -2.40. The second-order valence-corrected chi connectivity index (χ2v) is 6.48. The zero-order valence-corrected chi connectivity index (χ0v) is 12.3. The monoisotopic (exact) mass is 279 g/mol. The third-order valence-electron chi connectivity index (χ3n) is 4.81. The van der Waals surface area contributed by atoms with Crippen LogP contribution in [0.4, 0.5) is 10.1 Å². The summed E-state index contributed by atoms with van der Waals surface area (Å²) >= 11 is 4.61. The van der Waals surface area contributed by atoms with Gasteiger partial charge in [0.15, 0.2) is 0 Å². The Morgan fingerprint density at radius 1 is 1.21 bits per heavy atom. The minimum absolute atomic E-state index is 0.116. The van der Waals surface area contributed by atoms with Gasteiger partial charge in [0.25, 0.3) is 0 Å². The second-order valence-electron chi connectivity index (χ2n) is 6.16. The Morgan fingerprint density at radius 2 is 2.00 bits per heavy atom. The number of halogens is 1. The Hall–Kier alpha value is -0.700. The lowest BCUT2D eigenvalue weighted by atomic mass is 9.75. The van der Waals surface area contributed by atoms with Crippen molar-refractivity contribution in [3.8, 4) is 0 Å². The van der Waals surface area contributed by atoms with Crippen molar-refractivity contribution in [1.82, 2.24) is 0 Å². The van der Waals surface area contributed by atoms with Crippen LogP contribution in [0.5, 0.6) is 0 Å². The van der Waals surface area contributed by atoms with E-state index in [2.05, 4.69) is 17.5 Å². The Labute approximate surface area is 120 Å². The SMILES string of the molecule is Fc1ccc2c(c1)N(CC1(CS)CCCCC1)CC2. The van der Waals surface area contributed by atoms with Gasteiger partial charge in [-0.05, 0) is 48.1 Å². The number of nitrogens with zero attached hydrogens (tertiary/aromatic N) is 1. The fourth-order valence-electron chi connectivity index (χ4n) is 3.66. The maximum absolute atomic E-state index is 13.4. The van der Waals surface area contributed by atoms with Gasteiger partial charge in [0, 0.05) is 18.8 Å². The van der Waals surface area contributed by atoms with Crippen molar-refractivity contribution in [2.24, 2.45) is 5.41 Å². The van der Waals surface area contributed by atoms with Crippen LogP contribution in [0.15, 0.2) is 18.2 Å². The number of rotatable bonds is 3. The molecule has 104 valence electrons. The van der Waals surface area contributed by atoms with Crippen molar-refractivity contribution in [1.29, 1.82) is 0 Å². The van der Waals surface area contributed by atoms with E-state index in [0.717, 1.165) is 31.0 Å². The molecule has 3 rings (SSSR count). The van der Waals surface area contributed by atoms with E-state index in [9.17, 15) is 4.39 Å². The first-order chi connectivity index (χ1) is 9.22. The molecule has 0 aromatic heterocycles. The van der Waals surface area contributed by atoms with Gasteiger partial charge in [-0.2, -0.15) is 12.6 Å². The summed E-state index contributed by atoms with van der Waals surface area (Å²) in [7, 11) is 0. The quantitative estimate of drug-likeness (QED) is 0.816. The number of benzene rings is 1. The average molecular weight is 279 g/mol. The third kappa shape index (κ3) is 2.62. The fraction of sp³-hybridized carbons (Fsp3) is 0.625. The number of thiol groups is 1. The number of anilines is 1. The van der Waals surface area contributed by atoms with Crippen LogP contribution >= 0.6 is 12.6 Å². The molecule has 1 saturated carbocycles. The Balaban J connectivity index is 1.79. The van der Waals surface area contributed by atoms with Crippen LogP contribution < -0.4 is 4.90 Å². The standard InChI is InChI=1S/C16H22FNS/c17-14-5-4-13-6-9-18(15(13)10-14)11-16(12-19)7-2-1-3-8-16/h4-5,10,19H,1-3,6-9,11-12H2. The molecule has 0 N–H and O–H groups in total. The van der Waals surface area contributed by atoms with E-state index in [1.807, 2.05) is 6.07 Å². The summed E-state index contributed by atoms with van der Waals surface area (Å²) in [5.74, 6) is 0.836. The molecule has 0 radical (unpaired) electrons. The minimum Gasteiger partial charge on any atom is -0.370 e. The largest absolute Gasteiger partial charge is 0.370 e. The number of hydrogen-bond acceptors (Lipinski definition) is 2. The van der Waals surface area contributed by atoms with Crippen LogP contribution in [0.25, 0.3) is 0 Å². The zero-order chi connectivity index (χ0) is 13.3. The molecule has 1 aromatic rings. The summed E-state index contributed by atoms with van der Waals surface area (Å²) in [6.07, 6.45) is 7.61. The zero-order valence-electron chi connectivity index (χ0n) is 11.4. The lowest BCUT2D eigenvalue weighted by Crippen LogP contribution is -2.40. The summed E-state index contributed by atoms with van der Waals surface area (Å²) < 4.78 is 13.4. The Morgan fingerprint density at radius 3 is 2.74 bits per heavy atom. The van der Waals surface area contributed by atoms with Gasteiger partial charge in [-0.15, -0.1) is 0 Å². The topological polar surface area (TPSA) is 3.24 Å². The van der Waals surface area contributed by atoms with Gasteiger partial charge in [-0.25, -0.2) is 4.39 Å². The van der Waals surface area contributed by atoms with Crippen LogP contribution in [-0.4, -0.2) is 18.8 Å². The Bertz CT molecular complexity index is 454. The molecule has 1 aliphatic carbocycles. The van der Waals surface area contributed by atoms with Gasteiger partial charge >= 0.3 is 0 Å². The molecule has 1 aliphatic heterocycles. The van der Waals surface area contributed by atoms with Crippen LogP contribution in [0.1, 0.15) is 37.7 Å². The molecule has 0 amide bonds. The van der Waals surface area contributed by atoms with Gasteiger partial charge in [0.05, 0.1) is 0 Å². The summed E-state index contributed by atoms with van der Waals surface area (Å²) in [4.78, 5) is 2.39. The predicted molar refractivity (Wildman–Crippen MR) is 81.7 cm³/mol. The molecule has 0 bridgehead atoms. The highest BCUT2D eigenvalue weighted by Crippen LogP contribution is 2.40. The minimum atomic E-state index is -0.116. The molecule has 0 unspecified atom stereocenters. The molecule has 1 heterocycles. The Kier molecular flexibility index (Phi) is 3.75. The van der Waals surface area contributed by atoms with Crippen molar-refractivity contribution >= 4 is 18.3 Å². The van der Waals surface area contributed by atoms with Crippen molar-refractivity contribution < 1.29 is 4.39 Å². The number of hydrogen-bond donors (Lipinski definition) is 1. The van der Waals surface area contributed by atoms with E-state index in [1.165, 1.54) is 37.7 Å². The first-order valence-electron chi connectivity index (χ1n) is 7.37. The van der Waals surface area contributed by atoms with Crippen LogP contribution in [0.3, 0.4) is 0 Å².